The molecule has 0 aliphatic carbocycles. The molecule has 1 aliphatic heterocycles. The van der Waals surface area contributed by atoms with Gasteiger partial charge in [0.05, 0.1) is 12.8 Å². The Morgan fingerprint density at radius 2 is 2.00 bits per heavy atom. The summed E-state index contributed by atoms with van der Waals surface area (Å²) in [6, 6.07) is 15.5. The molecule has 0 atom stereocenters. The Hall–Kier alpha value is -3.22. The molecule has 156 valence electrons. The average Bonchev–Trinajstić information content (AvgIpc) is 3.17. The minimum absolute atomic E-state index is 0.348. The Kier molecular flexibility index (Phi) is 5.18. The van der Waals surface area contributed by atoms with Crippen molar-refractivity contribution in [2.24, 2.45) is 0 Å². The van der Waals surface area contributed by atoms with Crippen LogP contribution in [0.15, 0.2) is 54.7 Å². The lowest BCUT2D eigenvalue weighted by molar-refractivity contribution is 0.0592. The number of nitrogens with one attached hydrogen (secondary N) is 1. The number of aromatic nitrogens is 3. The normalized spacial score (nSPS) is 13.9. The number of hydrogen-bond acceptors (Lipinski definition) is 5. The van der Waals surface area contributed by atoms with Gasteiger partial charge in [-0.3, -0.25) is 4.90 Å². The van der Waals surface area contributed by atoms with E-state index in [1.54, 1.807) is 0 Å². The quantitative estimate of drug-likeness (QED) is 0.476. The maximum absolute atomic E-state index is 12.3. The fraction of sp³-hybridized carbons (Fsp3) is 0.208. The first-order valence-electron chi connectivity index (χ1n) is 10.1. The van der Waals surface area contributed by atoms with E-state index in [4.69, 9.17) is 21.3 Å². The van der Waals surface area contributed by atoms with Crippen LogP contribution in [-0.2, 0) is 24.2 Å². The highest BCUT2D eigenvalue weighted by Gasteiger charge is 2.24. The van der Waals surface area contributed by atoms with E-state index in [-0.39, 0.29) is 5.97 Å². The lowest BCUT2D eigenvalue weighted by Crippen LogP contribution is -2.31. The predicted molar refractivity (Wildman–Crippen MR) is 120 cm³/mol. The van der Waals surface area contributed by atoms with Gasteiger partial charge in [0, 0.05) is 64.9 Å². The second-order valence-corrected chi connectivity index (χ2v) is 8.09. The van der Waals surface area contributed by atoms with Crippen LogP contribution in [0.4, 0.5) is 0 Å². The first kappa shape index (κ1) is 19.7. The number of methoxy groups -OCH3 is 1. The summed E-state index contributed by atoms with van der Waals surface area (Å²) in [7, 11) is 1.41. The van der Waals surface area contributed by atoms with Crippen LogP contribution in [0, 0.1) is 0 Å². The van der Waals surface area contributed by atoms with E-state index >= 15 is 0 Å². The van der Waals surface area contributed by atoms with Crippen LogP contribution < -0.4 is 0 Å². The molecule has 0 spiro atoms. The largest absolute Gasteiger partial charge is 0.464 e. The molecule has 0 saturated heterocycles. The van der Waals surface area contributed by atoms with Gasteiger partial charge < -0.3 is 9.72 Å². The van der Waals surface area contributed by atoms with Crippen molar-refractivity contribution < 1.29 is 9.53 Å². The molecule has 5 rings (SSSR count). The molecule has 4 aromatic rings. The molecule has 0 unspecified atom stereocenters. The molecular formula is C24H21ClN4O2. The number of aromatic amines is 1. The number of carbonyl (C=O) groups excluding carboxylic acids is 1. The molecule has 7 heteroatoms. The van der Waals surface area contributed by atoms with Crippen molar-refractivity contribution in [1.82, 2.24) is 19.9 Å². The Morgan fingerprint density at radius 3 is 2.81 bits per heavy atom. The number of para-hydroxylation sites is 1. The highest BCUT2D eigenvalue weighted by atomic mass is 35.5. The molecule has 0 bridgehead atoms. The molecule has 31 heavy (non-hydrogen) atoms. The number of hydrogen-bond donors (Lipinski definition) is 1. The van der Waals surface area contributed by atoms with E-state index in [1.165, 1.54) is 7.11 Å². The molecule has 0 saturated carbocycles. The number of esters is 1. The Bertz CT molecular complexity index is 1270. The molecule has 6 nitrogen and oxygen atoms in total. The molecule has 1 N–H and O–H groups in total. The number of halogens is 1. The van der Waals surface area contributed by atoms with E-state index in [9.17, 15) is 4.79 Å². The Labute approximate surface area is 184 Å². The Morgan fingerprint density at radius 1 is 1.19 bits per heavy atom. The number of H-pyrrole nitrogens is 1. The molecular weight excluding hydrogens is 412 g/mol. The van der Waals surface area contributed by atoms with E-state index in [2.05, 4.69) is 14.9 Å². The number of rotatable bonds is 4. The summed E-state index contributed by atoms with van der Waals surface area (Å²) in [5.41, 5.74) is 5.56. The third-order valence-corrected chi connectivity index (χ3v) is 5.95. The zero-order valence-corrected chi connectivity index (χ0v) is 17.8. The summed E-state index contributed by atoms with van der Waals surface area (Å²) >= 11 is 5.99. The third-order valence-electron chi connectivity index (χ3n) is 5.70. The van der Waals surface area contributed by atoms with Crippen molar-refractivity contribution in [3.63, 3.8) is 0 Å². The van der Waals surface area contributed by atoms with Gasteiger partial charge in [-0.15, -0.1) is 0 Å². The zero-order chi connectivity index (χ0) is 21.4. The first-order chi connectivity index (χ1) is 15.1. The van der Waals surface area contributed by atoms with Crippen molar-refractivity contribution in [1.29, 1.82) is 0 Å². The standard InChI is InChI=1S/C24H21ClN4O2/c1-31-24(30)22-19(18-4-2-3-5-21(18)27-22)14-29-11-10-20-16(13-29)12-26-23(28-20)15-6-8-17(25)9-7-15/h2-9,12,27H,10-11,13-14H2,1H3. The lowest BCUT2D eigenvalue weighted by atomic mass is 10.0. The molecule has 0 fully saturated rings. The molecule has 1 aliphatic rings. The van der Waals surface area contributed by atoms with Gasteiger partial charge in [0.25, 0.3) is 0 Å². The van der Waals surface area contributed by atoms with Crippen molar-refractivity contribution in [3.8, 4) is 11.4 Å². The highest BCUT2D eigenvalue weighted by molar-refractivity contribution is 6.30. The van der Waals surface area contributed by atoms with Gasteiger partial charge in [-0.1, -0.05) is 29.8 Å². The fourth-order valence-corrected chi connectivity index (χ4v) is 4.24. The van der Waals surface area contributed by atoms with E-state index < -0.39 is 0 Å². The second-order valence-electron chi connectivity index (χ2n) is 7.65. The smallest absolute Gasteiger partial charge is 0.354 e. The van der Waals surface area contributed by atoms with Gasteiger partial charge >= 0.3 is 5.97 Å². The van der Waals surface area contributed by atoms with Crippen LogP contribution >= 0.6 is 11.6 Å². The van der Waals surface area contributed by atoms with Crippen molar-refractivity contribution in [3.05, 3.63) is 82.3 Å². The van der Waals surface area contributed by atoms with Crippen LogP contribution in [0.25, 0.3) is 22.3 Å². The first-order valence-corrected chi connectivity index (χ1v) is 10.5. The molecule has 0 radical (unpaired) electrons. The van der Waals surface area contributed by atoms with Gasteiger partial charge in [0.2, 0.25) is 0 Å². The predicted octanol–water partition coefficient (Wildman–Crippen LogP) is 4.62. The van der Waals surface area contributed by atoms with Gasteiger partial charge in [0.1, 0.15) is 5.69 Å². The summed E-state index contributed by atoms with van der Waals surface area (Å²) < 4.78 is 5.00. The number of benzene rings is 2. The van der Waals surface area contributed by atoms with E-state index in [0.717, 1.165) is 52.8 Å². The van der Waals surface area contributed by atoms with Crippen molar-refractivity contribution >= 4 is 28.5 Å². The third kappa shape index (κ3) is 3.80. The molecule has 2 aromatic heterocycles. The van der Waals surface area contributed by atoms with Crippen LogP contribution in [0.1, 0.15) is 27.3 Å². The highest BCUT2D eigenvalue weighted by Crippen LogP contribution is 2.28. The van der Waals surface area contributed by atoms with Crippen LogP contribution in [0.5, 0.6) is 0 Å². The van der Waals surface area contributed by atoms with E-state index in [0.29, 0.717) is 23.1 Å². The summed E-state index contributed by atoms with van der Waals surface area (Å²) in [4.78, 5) is 27.2. The monoisotopic (exact) mass is 432 g/mol. The van der Waals surface area contributed by atoms with Crippen molar-refractivity contribution in [2.75, 3.05) is 13.7 Å². The molecule has 3 heterocycles. The lowest BCUT2D eigenvalue weighted by Gasteiger charge is -2.28. The summed E-state index contributed by atoms with van der Waals surface area (Å²) in [6.45, 7) is 2.23. The number of ether oxygens (including phenoxy) is 1. The van der Waals surface area contributed by atoms with Crippen molar-refractivity contribution in [2.45, 2.75) is 19.5 Å². The fourth-order valence-electron chi connectivity index (χ4n) is 4.11. The number of nitrogens with zero attached hydrogens (tertiary/aromatic N) is 3. The zero-order valence-electron chi connectivity index (χ0n) is 17.1. The summed E-state index contributed by atoms with van der Waals surface area (Å²) in [6.07, 6.45) is 2.74. The number of carbonyl (C=O) groups is 1. The Balaban J connectivity index is 1.41. The molecule has 0 amide bonds. The van der Waals surface area contributed by atoms with Crippen LogP contribution in [-0.4, -0.2) is 39.5 Å². The van der Waals surface area contributed by atoms with Gasteiger partial charge in [-0.05, 0) is 30.3 Å². The minimum Gasteiger partial charge on any atom is -0.464 e. The van der Waals surface area contributed by atoms with Gasteiger partial charge in [-0.25, -0.2) is 14.8 Å². The minimum atomic E-state index is -0.348. The van der Waals surface area contributed by atoms with Gasteiger partial charge in [0.15, 0.2) is 5.82 Å². The topological polar surface area (TPSA) is 71.1 Å². The number of fused-ring (bicyclic) bond motifs is 2. The maximum Gasteiger partial charge on any atom is 0.354 e. The second kappa shape index (κ2) is 8.13. The summed E-state index contributed by atoms with van der Waals surface area (Å²) in [5, 5.41) is 1.74. The van der Waals surface area contributed by atoms with Crippen LogP contribution in [0.2, 0.25) is 5.02 Å². The summed E-state index contributed by atoms with van der Waals surface area (Å²) in [5.74, 6) is 0.369. The van der Waals surface area contributed by atoms with Gasteiger partial charge in [-0.2, -0.15) is 0 Å². The average molecular weight is 433 g/mol. The molecule has 2 aromatic carbocycles. The SMILES string of the molecule is COC(=O)c1[nH]c2ccccc2c1CN1CCc2nc(-c3ccc(Cl)cc3)ncc2C1. The maximum atomic E-state index is 12.3. The van der Waals surface area contributed by atoms with Crippen LogP contribution in [0.3, 0.4) is 0 Å². The van der Waals surface area contributed by atoms with E-state index in [1.807, 2.05) is 54.7 Å².